The van der Waals surface area contributed by atoms with E-state index < -0.39 is 6.01 Å². The van der Waals surface area contributed by atoms with E-state index in [-0.39, 0.29) is 23.2 Å². The second kappa shape index (κ2) is 4.21. The number of carbonyl (C=O) groups excluding carboxylic acids is 1. The van der Waals surface area contributed by atoms with Gasteiger partial charge in [0.15, 0.2) is 0 Å². The molecule has 0 heterocycles. The van der Waals surface area contributed by atoms with Crippen molar-refractivity contribution in [3.05, 3.63) is 12.1 Å². The number of methoxy groups -OCH3 is 1. The van der Waals surface area contributed by atoms with E-state index in [1.54, 1.807) is 6.92 Å². The van der Waals surface area contributed by atoms with Gasteiger partial charge in [0.05, 0.1) is 19.6 Å². The summed E-state index contributed by atoms with van der Waals surface area (Å²) in [5.74, 6) is -0.671. The van der Waals surface area contributed by atoms with Crippen molar-refractivity contribution in [2.75, 3.05) is 13.7 Å². The molecule has 0 aromatic heterocycles. The number of allylic oxidation sites excluding steroid dienone is 1. The van der Waals surface area contributed by atoms with Crippen LogP contribution in [0.4, 0.5) is 4.39 Å². The van der Waals surface area contributed by atoms with Gasteiger partial charge in [-0.15, -0.1) is 0 Å². The smallest absolute Gasteiger partial charge is 0.309 e. The van der Waals surface area contributed by atoms with Gasteiger partial charge in [-0.25, -0.2) is 0 Å². The fraction of sp³-hybridized carbons (Fsp3) is 0.727. The van der Waals surface area contributed by atoms with E-state index in [4.69, 9.17) is 4.74 Å². The van der Waals surface area contributed by atoms with Crippen LogP contribution in [0.5, 0.6) is 0 Å². The maximum absolute atomic E-state index is 13.1. The Hall–Kier alpha value is -1.06. The molecule has 0 N–H and O–H groups in total. The number of ether oxygens (including phenoxy) is 2. The van der Waals surface area contributed by atoms with Gasteiger partial charge in [-0.2, -0.15) is 4.39 Å². The van der Waals surface area contributed by atoms with Gasteiger partial charge in [0.25, 0.3) is 6.01 Å². The lowest BCUT2D eigenvalue weighted by Gasteiger charge is -1.99. The van der Waals surface area contributed by atoms with Crippen LogP contribution in [0.3, 0.4) is 0 Å². The minimum Gasteiger partial charge on any atom is -0.471 e. The van der Waals surface area contributed by atoms with Crippen molar-refractivity contribution in [2.24, 2.45) is 17.3 Å². The molecule has 15 heavy (non-hydrogen) atoms. The highest BCUT2D eigenvalue weighted by Gasteiger charge is 2.61. The van der Waals surface area contributed by atoms with Crippen LogP contribution in [0.1, 0.15) is 20.8 Å². The number of halogens is 1. The Morgan fingerprint density at radius 1 is 1.53 bits per heavy atom. The number of hydrogen-bond donors (Lipinski definition) is 0. The molecule has 0 spiro atoms. The van der Waals surface area contributed by atoms with Crippen LogP contribution in [-0.4, -0.2) is 19.7 Å². The fourth-order valence-electron chi connectivity index (χ4n) is 1.89. The van der Waals surface area contributed by atoms with Crippen LogP contribution in [0.2, 0.25) is 0 Å². The van der Waals surface area contributed by atoms with E-state index in [2.05, 4.69) is 4.74 Å². The molecule has 1 saturated carbocycles. The third-order valence-electron chi connectivity index (χ3n) is 2.96. The molecule has 1 aliphatic rings. The average Bonchev–Trinajstić information content (AvgIpc) is 2.67. The number of esters is 1. The Balaban J connectivity index is 2.66. The Labute approximate surface area is 89.2 Å². The molecule has 0 aromatic carbocycles. The largest absolute Gasteiger partial charge is 0.471 e. The van der Waals surface area contributed by atoms with Crippen molar-refractivity contribution >= 4 is 5.97 Å². The lowest BCUT2D eigenvalue weighted by atomic mass is 10.1. The summed E-state index contributed by atoms with van der Waals surface area (Å²) in [4.78, 5) is 11.3. The molecule has 1 rings (SSSR count). The highest BCUT2D eigenvalue weighted by atomic mass is 19.1. The molecule has 86 valence electrons. The quantitative estimate of drug-likeness (QED) is 0.534. The second-order valence-electron chi connectivity index (χ2n) is 4.25. The van der Waals surface area contributed by atoms with E-state index in [0.717, 1.165) is 0 Å². The Morgan fingerprint density at radius 2 is 2.13 bits per heavy atom. The highest BCUT2D eigenvalue weighted by Crippen LogP contribution is 2.59. The second-order valence-corrected chi connectivity index (χ2v) is 4.25. The van der Waals surface area contributed by atoms with E-state index >= 15 is 0 Å². The van der Waals surface area contributed by atoms with Gasteiger partial charge < -0.3 is 9.47 Å². The van der Waals surface area contributed by atoms with Crippen LogP contribution in [-0.2, 0) is 14.3 Å². The Bertz CT molecular complexity index is 284. The van der Waals surface area contributed by atoms with Crippen LogP contribution in [0.15, 0.2) is 12.1 Å². The highest BCUT2D eigenvalue weighted by molar-refractivity contribution is 5.78. The van der Waals surface area contributed by atoms with Crippen molar-refractivity contribution < 1.29 is 18.7 Å². The van der Waals surface area contributed by atoms with E-state index in [0.29, 0.717) is 6.61 Å². The maximum Gasteiger partial charge on any atom is 0.309 e. The number of carbonyl (C=O) groups is 1. The van der Waals surface area contributed by atoms with Gasteiger partial charge in [-0.05, 0) is 18.4 Å². The minimum absolute atomic E-state index is 0.128. The van der Waals surface area contributed by atoms with Crippen LogP contribution < -0.4 is 0 Å². The first-order valence-electron chi connectivity index (χ1n) is 5.03. The third-order valence-corrected chi connectivity index (χ3v) is 2.96. The summed E-state index contributed by atoms with van der Waals surface area (Å²) in [7, 11) is 1.34. The van der Waals surface area contributed by atoms with Gasteiger partial charge in [0.2, 0.25) is 0 Å². The van der Waals surface area contributed by atoms with E-state index in [9.17, 15) is 9.18 Å². The molecule has 0 aliphatic heterocycles. The predicted octanol–water partition coefficient (Wildman–Crippen LogP) is 2.28. The third kappa shape index (κ3) is 2.30. The first-order valence-corrected chi connectivity index (χ1v) is 5.03. The number of rotatable bonds is 4. The Kier molecular flexibility index (Phi) is 3.37. The zero-order valence-electron chi connectivity index (χ0n) is 9.54. The van der Waals surface area contributed by atoms with Crippen molar-refractivity contribution in [2.45, 2.75) is 20.8 Å². The van der Waals surface area contributed by atoms with E-state index in [1.165, 1.54) is 13.2 Å². The summed E-state index contributed by atoms with van der Waals surface area (Å²) in [6.45, 7) is 5.82. The summed E-state index contributed by atoms with van der Waals surface area (Å²) in [5.41, 5.74) is -0.235. The zero-order chi connectivity index (χ0) is 11.6. The molecule has 0 saturated heterocycles. The van der Waals surface area contributed by atoms with Crippen molar-refractivity contribution in [3.8, 4) is 0 Å². The van der Waals surface area contributed by atoms with Gasteiger partial charge in [-0.1, -0.05) is 13.8 Å². The molecule has 1 fully saturated rings. The molecule has 0 amide bonds. The molecular formula is C11H17FO3. The lowest BCUT2D eigenvalue weighted by Crippen LogP contribution is -2.07. The summed E-state index contributed by atoms with van der Waals surface area (Å²) in [6.07, 6.45) is 1.37. The standard InChI is InChI=1S/C11H17FO3/c1-5-15-8(12)6-7-9(10(13)14-4)11(7,2)3/h6-7,9H,5H2,1-4H3. The summed E-state index contributed by atoms with van der Waals surface area (Å²) >= 11 is 0. The molecule has 0 aromatic rings. The average molecular weight is 216 g/mol. The summed E-state index contributed by atoms with van der Waals surface area (Å²) < 4.78 is 22.4. The molecule has 4 heteroatoms. The first kappa shape index (κ1) is 12.0. The predicted molar refractivity (Wildman–Crippen MR) is 53.6 cm³/mol. The van der Waals surface area contributed by atoms with E-state index in [1.807, 2.05) is 13.8 Å². The minimum atomic E-state index is -0.609. The van der Waals surface area contributed by atoms with Crippen LogP contribution in [0, 0.1) is 17.3 Å². The molecule has 0 radical (unpaired) electrons. The van der Waals surface area contributed by atoms with Gasteiger partial charge in [-0.3, -0.25) is 4.79 Å². The summed E-state index contributed by atoms with van der Waals surface area (Å²) in [5, 5.41) is 0. The SMILES string of the molecule is CCOC(F)=CC1C(C(=O)OC)C1(C)C. The fourth-order valence-corrected chi connectivity index (χ4v) is 1.89. The first-order chi connectivity index (χ1) is 6.95. The van der Waals surface area contributed by atoms with Crippen molar-refractivity contribution in [1.29, 1.82) is 0 Å². The van der Waals surface area contributed by atoms with Crippen molar-refractivity contribution in [1.82, 2.24) is 0 Å². The molecule has 2 atom stereocenters. The van der Waals surface area contributed by atoms with Crippen LogP contribution >= 0.6 is 0 Å². The number of hydrogen-bond acceptors (Lipinski definition) is 3. The molecule has 3 nitrogen and oxygen atoms in total. The van der Waals surface area contributed by atoms with Gasteiger partial charge in [0, 0.05) is 5.92 Å². The van der Waals surface area contributed by atoms with Gasteiger partial charge in [0.1, 0.15) is 0 Å². The Morgan fingerprint density at radius 3 is 2.60 bits per heavy atom. The molecule has 1 aliphatic carbocycles. The van der Waals surface area contributed by atoms with Crippen molar-refractivity contribution in [3.63, 3.8) is 0 Å². The molecule has 0 bridgehead atoms. The molecule has 2 unspecified atom stereocenters. The zero-order valence-corrected chi connectivity index (χ0v) is 9.54. The van der Waals surface area contributed by atoms with Crippen LogP contribution in [0.25, 0.3) is 0 Å². The topological polar surface area (TPSA) is 35.5 Å². The monoisotopic (exact) mass is 216 g/mol. The lowest BCUT2D eigenvalue weighted by molar-refractivity contribution is -0.143. The molecular weight excluding hydrogens is 199 g/mol. The summed E-state index contributed by atoms with van der Waals surface area (Å²) in [6, 6.07) is -0.609. The maximum atomic E-state index is 13.1. The normalized spacial score (nSPS) is 28.5. The van der Waals surface area contributed by atoms with Gasteiger partial charge >= 0.3 is 5.97 Å².